The van der Waals surface area contributed by atoms with Gasteiger partial charge < -0.3 is 4.90 Å². The van der Waals surface area contributed by atoms with Crippen molar-refractivity contribution in [1.29, 1.82) is 0 Å². The topological polar surface area (TPSA) is 23.6 Å². The first-order chi connectivity index (χ1) is 10.3. The third kappa shape index (κ3) is 3.18. The summed E-state index contributed by atoms with van der Waals surface area (Å²) in [5.41, 5.74) is 1.25. The third-order valence-corrected chi connectivity index (χ3v) is 4.62. The molecular weight excluding hydrogens is 260 g/mol. The smallest absolute Gasteiger partial charge is 0.222 e. The number of carbonyl (C=O) groups is 1. The van der Waals surface area contributed by atoms with Crippen LogP contribution in [0.2, 0.25) is 0 Å². The second kappa shape index (κ2) is 6.44. The Bertz CT molecular complexity index is 497. The monoisotopic (exact) mass is 284 g/mol. The normalized spacial score (nSPS) is 25.7. The summed E-state index contributed by atoms with van der Waals surface area (Å²) in [5.74, 6) is 0.335. The summed E-state index contributed by atoms with van der Waals surface area (Å²) in [4.78, 5) is 16.7. The number of fused-ring (bicyclic) bond motifs is 2. The Balaban J connectivity index is 1.56. The maximum Gasteiger partial charge on any atom is 0.222 e. The largest absolute Gasteiger partial charge is 0.334 e. The highest BCUT2D eigenvalue weighted by molar-refractivity contribution is 5.77. The van der Waals surface area contributed by atoms with Crippen LogP contribution in [0.1, 0.15) is 31.7 Å². The van der Waals surface area contributed by atoms with Gasteiger partial charge in [0.05, 0.1) is 0 Å². The van der Waals surface area contributed by atoms with Crippen LogP contribution in [0.5, 0.6) is 0 Å². The highest BCUT2D eigenvalue weighted by Gasteiger charge is 2.41. The van der Waals surface area contributed by atoms with Gasteiger partial charge in [-0.2, -0.15) is 0 Å². The Morgan fingerprint density at radius 2 is 1.86 bits per heavy atom. The lowest BCUT2D eigenvalue weighted by atomic mass is 10.1. The first-order valence-corrected chi connectivity index (χ1v) is 8.03. The minimum Gasteiger partial charge on any atom is -0.334 e. The second-order valence-electron chi connectivity index (χ2n) is 6.07. The number of likely N-dealkylation sites (tertiary alicyclic amines) is 1. The van der Waals surface area contributed by atoms with E-state index in [1.165, 1.54) is 18.4 Å². The molecule has 21 heavy (non-hydrogen) atoms. The highest BCUT2D eigenvalue weighted by atomic mass is 16.2. The van der Waals surface area contributed by atoms with E-state index in [4.69, 9.17) is 0 Å². The Morgan fingerprint density at radius 1 is 1.19 bits per heavy atom. The van der Waals surface area contributed by atoms with Gasteiger partial charge in [-0.3, -0.25) is 9.69 Å². The molecule has 0 aliphatic carbocycles. The van der Waals surface area contributed by atoms with E-state index in [1.807, 2.05) is 13.0 Å². The first kappa shape index (κ1) is 14.3. The van der Waals surface area contributed by atoms with Gasteiger partial charge in [0.2, 0.25) is 5.91 Å². The molecule has 2 heterocycles. The van der Waals surface area contributed by atoms with Crippen LogP contribution in [-0.2, 0) is 4.79 Å². The molecule has 1 amide bonds. The molecule has 2 aliphatic rings. The van der Waals surface area contributed by atoms with E-state index in [2.05, 4.69) is 46.2 Å². The molecule has 0 radical (unpaired) electrons. The van der Waals surface area contributed by atoms with Gasteiger partial charge in [-0.1, -0.05) is 49.4 Å². The minimum atomic E-state index is 0.335. The average Bonchev–Trinajstić information content (AvgIpc) is 2.78. The van der Waals surface area contributed by atoms with E-state index in [9.17, 15) is 4.79 Å². The van der Waals surface area contributed by atoms with Gasteiger partial charge in [-0.15, -0.1) is 0 Å². The Labute approximate surface area is 127 Å². The zero-order valence-corrected chi connectivity index (χ0v) is 12.7. The van der Waals surface area contributed by atoms with Crippen molar-refractivity contribution in [2.24, 2.45) is 0 Å². The van der Waals surface area contributed by atoms with Crippen molar-refractivity contribution in [2.45, 2.75) is 38.3 Å². The van der Waals surface area contributed by atoms with Crippen LogP contribution in [0.25, 0.3) is 6.08 Å². The van der Waals surface area contributed by atoms with Gasteiger partial charge in [0.1, 0.15) is 0 Å². The Kier molecular flexibility index (Phi) is 4.39. The van der Waals surface area contributed by atoms with Crippen LogP contribution in [0.15, 0.2) is 36.4 Å². The quantitative estimate of drug-likeness (QED) is 0.849. The molecule has 2 saturated heterocycles. The van der Waals surface area contributed by atoms with Gasteiger partial charge in [0.25, 0.3) is 0 Å². The van der Waals surface area contributed by atoms with Crippen LogP contribution >= 0.6 is 0 Å². The van der Waals surface area contributed by atoms with E-state index < -0.39 is 0 Å². The van der Waals surface area contributed by atoms with Gasteiger partial charge in [-0.05, 0) is 18.4 Å². The number of rotatable bonds is 4. The molecule has 0 aromatic heterocycles. The number of hydrogen-bond donors (Lipinski definition) is 0. The maximum absolute atomic E-state index is 12.0. The van der Waals surface area contributed by atoms with Crippen molar-refractivity contribution in [1.82, 2.24) is 9.80 Å². The minimum absolute atomic E-state index is 0.335. The van der Waals surface area contributed by atoms with E-state index in [0.717, 1.165) is 19.6 Å². The lowest BCUT2D eigenvalue weighted by Gasteiger charge is -2.40. The number of benzene rings is 1. The molecule has 0 spiro atoms. The molecule has 2 unspecified atom stereocenters. The Hall–Kier alpha value is -1.61. The fourth-order valence-corrected chi connectivity index (χ4v) is 3.63. The summed E-state index contributed by atoms with van der Waals surface area (Å²) in [5, 5.41) is 0. The molecule has 2 fully saturated rings. The number of piperazine rings is 1. The van der Waals surface area contributed by atoms with Crippen LogP contribution < -0.4 is 0 Å². The van der Waals surface area contributed by atoms with Gasteiger partial charge >= 0.3 is 0 Å². The third-order valence-electron chi connectivity index (χ3n) is 4.62. The molecule has 112 valence electrons. The van der Waals surface area contributed by atoms with Gasteiger partial charge in [-0.25, -0.2) is 0 Å². The fourth-order valence-electron chi connectivity index (χ4n) is 3.63. The molecule has 2 aliphatic heterocycles. The highest BCUT2D eigenvalue weighted by Crippen LogP contribution is 2.30. The summed E-state index contributed by atoms with van der Waals surface area (Å²) in [6, 6.07) is 11.3. The molecule has 2 atom stereocenters. The van der Waals surface area contributed by atoms with Gasteiger partial charge in [0.15, 0.2) is 0 Å². The molecular formula is C18H24N2O. The lowest BCUT2D eigenvalue weighted by Crippen LogP contribution is -2.55. The number of hydrogen-bond acceptors (Lipinski definition) is 2. The molecule has 0 N–H and O–H groups in total. The number of nitrogens with zero attached hydrogens (tertiary/aromatic N) is 2. The summed E-state index contributed by atoms with van der Waals surface area (Å²) < 4.78 is 0. The molecule has 0 saturated carbocycles. The molecule has 1 aromatic rings. The fraction of sp³-hybridized carbons (Fsp3) is 0.500. The molecule has 3 heteroatoms. The standard InChI is InChI=1S/C18H24N2O/c1-2-18(21)20-16-10-11-17(20)14-19(13-16)12-6-9-15-7-4-3-5-8-15/h3-9,16-17H,2,10-14H2,1H3/b9-6-. The van der Waals surface area contributed by atoms with E-state index in [0.29, 0.717) is 24.4 Å². The van der Waals surface area contributed by atoms with Crippen molar-refractivity contribution >= 4 is 12.0 Å². The van der Waals surface area contributed by atoms with Crippen molar-refractivity contribution in [3.63, 3.8) is 0 Å². The predicted octanol–water partition coefficient (Wildman–Crippen LogP) is 2.79. The van der Waals surface area contributed by atoms with Gasteiger partial charge in [0, 0.05) is 38.1 Å². The van der Waals surface area contributed by atoms with E-state index in [-0.39, 0.29) is 0 Å². The first-order valence-electron chi connectivity index (χ1n) is 8.03. The van der Waals surface area contributed by atoms with Crippen LogP contribution in [0, 0.1) is 0 Å². The summed E-state index contributed by atoms with van der Waals surface area (Å²) in [7, 11) is 0. The van der Waals surface area contributed by atoms with Crippen molar-refractivity contribution in [2.75, 3.05) is 19.6 Å². The van der Waals surface area contributed by atoms with E-state index in [1.54, 1.807) is 0 Å². The van der Waals surface area contributed by atoms with E-state index >= 15 is 0 Å². The summed E-state index contributed by atoms with van der Waals surface area (Å²) in [6.07, 6.45) is 7.42. The van der Waals surface area contributed by atoms with Crippen LogP contribution in [0.4, 0.5) is 0 Å². The van der Waals surface area contributed by atoms with Crippen LogP contribution in [0.3, 0.4) is 0 Å². The Morgan fingerprint density at radius 3 is 2.48 bits per heavy atom. The summed E-state index contributed by atoms with van der Waals surface area (Å²) in [6.45, 7) is 5.01. The molecule has 3 nitrogen and oxygen atoms in total. The lowest BCUT2D eigenvalue weighted by molar-refractivity contribution is -0.136. The SMILES string of the molecule is CCC(=O)N1C2CCC1CN(C/C=C\c1ccccc1)C2. The molecule has 1 aromatic carbocycles. The zero-order valence-electron chi connectivity index (χ0n) is 12.7. The number of amides is 1. The van der Waals surface area contributed by atoms with Crippen molar-refractivity contribution in [3.05, 3.63) is 42.0 Å². The molecule has 3 rings (SSSR count). The second-order valence-corrected chi connectivity index (χ2v) is 6.07. The predicted molar refractivity (Wildman–Crippen MR) is 85.9 cm³/mol. The average molecular weight is 284 g/mol. The summed E-state index contributed by atoms with van der Waals surface area (Å²) >= 11 is 0. The maximum atomic E-state index is 12.0. The van der Waals surface area contributed by atoms with Crippen molar-refractivity contribution < 1.29 is 4.79 Å². The van der Waals surface area contributed by atoms with Crippen molar-refractivity contribution in [3.8, 4) is 0 Å². The number of carbonyl (C=O) groups excluding carboxylic acids is 1. The van der Waals surface area contributed by atoms with Crippen LogP contribution in [-0.4, -0.2) is 47.4 Å². The zero-order chi connectivity index (χ0) is 14.7. The molecule has 2 bridgehead atoms.